The molecule has 0 radical (unpaired) electrons. The van der Waals surface area contributed by atoms with Gasteiger partial charge in [-0.15, -0.1) is 0 Å². The summed E-state index contributed by atoms with van der Waals surface area (Å²) in [5, 5.41) is 0.469. The Morgan fingerprint density at radius 2 is 2.05 bits per heavy atom. The molecular formula is C15H24ClFN2. The molecule has 1 atom stereocenters. The highest BCUT2D eigenvalue weighted by Gasteiger charge is 2.16. The normalized spacial score (nSPS) is 13.6. The third kappa shape index (κ3) is 5.89. The lowest BCUT2D eigenvalue weighted by Gasteiger charge is -2.21. The Kier molecular flexibility index (Phi) is 6.24. The molecule has 0 aliphatic heterocycles. The Hall–Kier alpha value is -0.640. The van der Waals surface area contributed by atoms with Crippen LogP contribution in [-0.2, 0) is 6.42 Å². The lowest BCUT2D eigenvalue weighted by atomic mass is 9.88. The van der Waals surface area contributed by atoms with Crippen LogP contribution in [0.15, 0.2) is 18.2 Å². The van der Waals surface area contributed by atoms with Gasteiger partial charge in [-0.05, 0) is 36.8 Å². The molecule has 1 unspecified atom stereocenters. The highest BCUT2D eigenvalue weighted by Crippen LogP contribution is 2.24. The summed E-state index contributed by atoms with van der Waals surface area (Å²) >= 11 is 6.03. The van der Waals surface area contributed by atoms with E-state index >= 15 is 0 Å². The van der Waals surface area contributed by atoms with Gasteiger partial charge >= 0.3 is 0 Å². The number of nitrogens with one attached hydrogen (secondary N) is 1. The predicted molar refractivity (Wildman–Crippen MR) is 79.5 cm³/mol. The van der Waals surface area contributed by atoms with Crippen molar-refractivity contribution in [2.24, 2.45) is 11.3 Å². The lowest BCUT2D eigenvalue weighted by molar-refractivity contribution is 0.341. The van der Waals surface area contributed by atoms with E-state index in [1.54, 1.807) is 12.1 Å². The number of hydrogen-bond acceptors (Lipinski definition) is 2. The maximum atomic E-state index is 13.7. The molecule has 0 spiro atoms. The van der Waals surface area contributed by atoms with Gasteiger partial charge in [0.2, 0.25) is 0 Å². The summed E-state index contributed by atoms with van der Waals surface area (Å²) in [4.78, 5) is 0. The molecule has 2 nitrogen and oxygen atoms in total. The summed E-state index contributed by atoms with van der Waals surface area (Å²) in [6.07, 6.45) is 3.62. The van der Waals surface area contributed by atoms with Crippen molar-refractivity contribution < 1.29 is 4.39 Å². The molecule has 3 N–H and O–H groups in total. The van der Waals surface area contributed by atoms with Crippen LogP contribution in [0.5, 0.6) is 0 Å². The summed E-state index contributed by atoms with van der Waals surface area (Å²) in [5.74, 6) is 5.29. The molecule has 4 heteroatoms. The second kappa shape index (κ2) is 7.22. The number of halogens is 2. The van der Waals surface area contributed by atoms with Crippen LogP contribution in [0.3, 0.4) is 0 Å². The van der Waals surface area contributed by atoms with Gasteiger partial charge < -0.3 is 0 Å². The molecule has 1 aromatic rings. The average Bonchev–Trinajstić information content (AvgIpc) is 2.30. The van der Waals surface area contributed by atoms with E-state index in [9.17, 15) is 4.39 Å². The molecular weight excluding hydrogens is 263 g/mol. The Balaban J connectivity index is 2.57. The maximum absolute atomic E-state index is 13.7. The van der Waals surface area contributed by atoms with Crippen LogP contribution in [0, 0.1) is 11.2 Å². The molecule has 0 aromatic heterocycles. The smallest absolute Gasteiger partial charge is 0.127 e. The minimum atomic E-state index is -0.261. The summed E-state index contributed by atoms with van der Waals surface area (Å²) in [5.41, 5.74) is 3.62. The third-order valence-electron chi connectivity index (χ3n) is 3.23. The highest BCUT2D eigenvalue weighted by molar-refractivity contribution is 6.31. The first-order chi connectivity index (χ1) is 8.83. The van der Waals surface area contributed by atoms with Crippen molar-refractivity contribution in [3.05, 3.63) is 34.6 Å². The van der Waals surface area contributed by atoms with Gasteiger partial charge in [0, 0.05) is 16.6 Å². The van der Waals surface area contributed by atoms with Crippen LogP contribution >= 0.6 is 11.6 Å². The quantitative estimate of drug-likeness (QED) is 0.611. The standard InChI is InChI=1S/C15H24ClFN2/c1-15(2,3)9-5-6-11(19-18)10-12-13(16)7-4-8-14(12)17/h4,7-8,11,19H,5-6,9-10,18H2,1-3H3. The molecule has 0 aliphatic rings. The van der Waals surface area contributed by atoms with Crippen molar-refractivity contribution in [1.29, 1.82) is 0 Å². The van der Waals surface area contributed by atoms with Gasteiger partial charge in [0.1, 0.15) is 5.82 Å². The first-order valence-electron chi connectivity index (χ1n) is 6.72. The van der Waals surface area contributed by atoms with Gasteiger partial charge in [0.15, 0.2) is 0 Å². The van der Waals surface area contributed by atoms with Gasteiger partial charge in [-0.3, -0.25) is 11.3 Å². The molecule has 0 bridgehead atoms. The van der Waals surface area contributed by atoms with Crippen molar-refractivity contribution in [3.63, 3.8) is 0 Å². The molecule has 0 saturated heterocycles. The largest absolute Gasteiger partial charge is 0.271 e. The van der Waals surface area contributed by atoms with Crippen LogP contribution in [0.25, 0.3) is 0 Å². The zero-order valence-corrected chi connectivity index (χ0v) is 12.7. The zero-order chi connectivity index (χ0) is 14.5. The van der Waals surface area contributed by atoms with Gasteiger partial charge in [-0.25, -0.2) is 4.39 Å². The molecule has 1 aromatic carbocycles. The number of nitrogens with two attached hydrogens (primary N) is 1. The minimum absolute atomic E-state index is 0.0525. The summed E-state index contributed by atoms with van der Waals surface area (Å²) in [7, 11) is 0. The molecule has 0 heterocycles. The second-order valence-corrected chi connectivity index (χ2v) is 6.63. The number of hydrogen-bond donors (Lipinski definition) is 2. The van der Waals surface area contributed by atoms with Gasteiger partial charge in [-0.2, -0.15) is 0 Å². The van der Waals surface area contributed by atoms with Crippen molar-refractivity contribution >= 4 is 11.6 Å². The topological polar surface area (TPSA) is 38.0 Å². The van der Waals surface area contributed by atoms with Crippen LogP contribution in [-0.4, -0.2) is 6.04 Å². The predicted octanol–water partition coefficient (Wildman–Crippen LogP) is 4.07. The van der Waals surface area contributed by atoms with E-state index in [-0.39, 0.29) is 11.9 Å². The lowest BCUT2D eigenvalue weighted by Crippen LogP contribution is -2.37. The molecule has 0 aliphatic carbocycles. The van der Waals surface area contributed by atoms with E-state index in [4.69, 9.17) is 17.4 Å². The number of rotatable bonds is 6. The Morgan fingerprint density at radius 3 is 2.58 bits per heavy atom. The summed E-state index contributed by atoms with van der Waals surface area (Å²) < 4.78 is 13.7. The third-order valence-corrected chi connectivity index (χ3v) is 3.58. The van der Waals surface area contributed by atoms with Crippen LogP contribution in [0.4, 0.5) is 4.39 Å². The summed E-state index contributed by atoms with van der Waals surface area (Å²) in [6, 6.07) is 4.81. The summed E-state index contributed by atoms with van der Waals surface area (Å²) in [6.45, 7) is 6.64. The highest BCUT2D eigenvalue weighted by atomic mass is 35.5. The van der Waals surface area contributed by atoms with E-state index < -0.39 is 0 Å². The van der Waals surface area contributed by atoms with Crippen LogP contribution in [0.2, 0.25) is 5.02 Å². The van der Waals surface area contributed by atoms with Crippen molar-refractivity contribution in [3.8, 4) is 0 Å². The SMILES string of the molecule is CC(C)(C)CCCC(Cc1c(F)cccc1Cl)NN. The molecule has 0 amide bonds. The molecule has 1 rings (SSSR count). The molecule has 108 valence electrons. The zero-order valence-electron chi connectivity index (χ0n) is 12.0. The molecule has 0 saturated carbocycles. The van der Waals surface area contributed by atoms with Crippen LogP contribution in [0.1, 0.15) is 45.6 Å². The fourth-order valence-corrected chi connectivity index (χ4v) is 2.34. The Labute approximate surface area is 120 Å². The van der Waals surface area contributed by atoms with E-state index in [0.717, 1.165) is 19.3 Å². The van der Waals surface area contributed by atoms with E-state index in [0.29, 0.717) is 22.4 Å². The number of hydrazine groups is 1. The van der Waals surface area contributed by atoms with Crippen molar-refractivity contribution in [1.82, 2.24) is 5.43 Å². The maximum Gasteiger partial charge on any atom is 0.127 e. The molecule has 19 heavy (non-hydrogen) atoms. The first-order valence-corrected chi connectivity index (χ1v) is 7.10. The van der Waals surface area contributed by atoms with Gasteiger partial charge in [0.25, 0.3) is 0 Å². The fraction of sp³-hybridized carbons (Fsp3) is 0.600. The van der Waals surface area contributed by atoms with E-state index in [1.807, 2.05) is 0 Å². The Bertz CT molecular complexity index is 381. The van der Waals surface area contributed by atoms with Gasteiger partial charge in [-0.1, -0.05) is 44.9 Å². The van der Waals surface area contributed by atoms with Crippen molar-refractivity contribution in [2.75, 3.05) is 0 Å². The average molecular weight is 287 g/mol. The number of benzene rings is 1. The van der Waals surface area contributed by atoms with Crippen LogP contribution < -0.4 is 11.3 Å². The molecule has 0 fully saturated rings. The van der Waals surface area contributed by atoms with Crippen molar-refractivity contribution in [2.45, 2.75) is 52.5 Å². The minimum Gasteiger partial charge on any atom is -0.271 e. The second-order valence-electron chi connectivity index (χ2n) is 6.22. The fourth-order valence-electron chi connectivity index (χ4n) is 2.10. The Morgan fingerprint density at radius 1 is 1.37 bits per heavy atom. The first kappa shape index (κ1) is 16.4. The monoisotopic (exact) mass is 286 g/mol. The van der Waals surface area contributed by atoms with E-state index in [1.165, 1.54) is 6.07 Å². The van der Waals surface area contributed by atoms with Gasteiger partial charge in [0.05, 0.1) is 0 Å². The van der Waals surface area contributed by atoms with E-state index in [2.05, 4.69) is 26.2 Å².